The van der Waals surface area contributed by atoms with E-state index in [0.717, 1.165) is 28.1 Å². The number of carbonyl (C=O) groups is 1. The first-order chi connectivity index (χ1) is 21.4. The molecule has 44 heavy (non-hydrogen) atoms. The van der Waals surface area contributed by atoms with Crippen LogP contribution in [0.2, 0.25) is 0 Å². The van der Waals surface area contributed by atoms with Crippen molar-refractivity contribution in [3.8, 4) is 28.4 Å². The Kier molecular flexibility index (Phi) is 7.99. The van der Waals surface area contributed by atoms with Gasteiger partial charge in [-0.05, 0) is 74.0 Å². The minimum absolute atomic E-state index is 0.270. The molecule has 0 saturated carbocycles. The van der Waals surface area contributed by atoms with Crippen LogP contribution in [0, 0.1) is 0 Å². The van der Waals surface area contributed by atoms with Crippen molar-refractivity contribution in [3.63, 3.8) is 0 Å². The van der Waals surface area contributed by atoms with Crippen molar-refractivity contribution in [1.29, 1.82) is 0 Å². The first-order valence-electron chi connectivity index (χ1n) is 14.0. The third kappa shape index (κ3) is 5.35. The van der Waals surface area contributed by atoms with Crippen LogP contribution in [-0.4, -0.2) is 41.1 Å². The number of esters is 1. The molecule has 0 radical (unpaired) electrons. The number of benzene rings is 3. The smallest absolute Gasteiger partial charge is 0.338 e. The molecule has 222 valence electrons. The van der Waals surface area contributed by atoms with Gasteiger partial charge in [0.25, 0.3) is 5.56 Å². The molecule has 10 heteroatoms. The highest BCUT2D eigenvalue weighted by Crippen LogP contribution is 2.32. The Bertz CT molecular complexity index is 2040. The normalized spacial score (nSPS) is 14.6. The molecule has 1 aliphatic rings. The highest BCUT2D eigenvalue weighted by atomic mass is 32.1. The van der Waals surface area contributed by atoms with Crippen LogP contribution in [0.15, 0.2) is 106 Å². The fraction of sp³-hybridized carbons (Fsp3) is 0.176. The third-order valence-electron chi connectivity index (χ3n) is 7.35. The fourth-order valence-electron chi connectivity index (χ4n) is 5.24. The van der Waals surface area contributed by atoms with E-state index in [1.54, 1.807) is 35.4 Å². The van der Waals surface area contributed by atoms with E-state index >= 15 is 0 Å². The molecule has 0 spiro atoms. The number of hydrogen-bond acceptors (Lipinski definition) is 8. The van der Waals surface area contributed by atoms with E-state index in [1.165, 1.54) is 18.4 Å². The molecular weight excluding hydrogens is 576 g/mol. The van der Waals surface area contributed by atoms with E-state index in [9.17, 15) is 9.59 Å². The van der Waals surface area contributed by atoms with Crippen LogP contribution >= 0.6 is 11.3 Å². The molecule has 0 saturated heterocycles. The Morgan fingerprint density at radius 2 is 1.68 bits per heavy atom. The van der Waals surface area contributed by atoms with Gasteiger partial charge in [-0.3, -0.25) is 9.36 Å². The predicted molar refractivity (Wildman–Crippen MR) is 169 cm³/mol. The monoisotopic (exact) mass is 606 g/mol. The minimum Gasteiger partial charge on any atom is -0.497 e. The zero-order valence-corrected chi connectivity index (χ0v) is 25.5. The number of methoxy groups -OCH3 is 2. The molecule has 1 aliphatic heterocycles. The Labute approximate surface area is 257 Å². The minimum atomic E-state index is -0.718. The Balaban J connectivity index is 1.53. The lowest BCUT2D eigenvalue weighted by Crippen LogP contribution is -2.39. The number of allylic oxidation sites excluding steroid dienone is 1. The maximum atomic E-state index is 14.2. The summed E-state index contributed by atoms with van der Waals surface area (Å²) in [6.07, 6.45) is 3.75. The second kappa shape index (κ2) is 12.2. The largest absolute Gasteiger partial charge is 0.497 e. The number of aromatic nitrogens is 3. The highest BCUT2D eigenvalue weighted by Gasteiger charge is 2.33. The van der Waals surface area contributed by atoms with Crippen LogP contribution in [-0.2, 0) is 9.53 Å². The van der Waals surface area contributed by atoms with E-state index in [4.69, 9.17) is 19.3 Å². The van der Waals surface area contributed by atoms with Gasteiger partial charge in [-0.2, -0.15) is 5.10 Å². The van der Waals surface area contributed by atoms with Gasteiger partial charge < -0.3 is 14.2 Å². The molecule has 0 bridgehead atoms. The summed E-state index contributed by atoms with van der Waals surface area (Å²) in [5.41, 5.74) is 4.50. The number of para-hydroxylation sites is 1. The zero-order valence-electron chi connectivity index (χ0n) is 24.7. The van der Waals surface area contributed by atoms with E-state index < -0.39 is 12.0 Å². The van der Waals surface area contributed by atoms with Crippen molar-refractivity contribution in [1.82, 2.24) is 14.3 Å². The summed E-state index contributed by atoms with van der Waals surface area (Å²) in [6, 6.07) is 24.1. The number of rotatable bonds is 8. The standard InChI is InChI=1S/C34H30N4O5S/c1-5-43-27-17-11-22(12-18-27)30-24(20-37(36-30)25-9-7-6-8-10-25)19-28-32(39)38-31(23-13-15-26(41-3)16-14-23)29(33(40)42-4)21(2)35-34(38)44-28/h6-20,31H,5H2,1-4H3/b28-19-. The van der Waals surface area contributed by atoms with Gasteiger partial charge >= 0.3 is 5.97 Å². The van der Waals surface area contributed by atoms with Crippen molar-refractivity contribution in [2.24, 2.45) is 4.99 Å². The highest BCUT2D eigenvalue weighted by molar-refractivity contribution is 7.07. The van der Waals surface area contributed by atoms with Crippen LogP contribution < -0.4 is 24.4 Å². The number of ether oxygens (including phenoxy) is 3. The van der Waals surface area contributed by atoms with E-state index in [0.29, 0.717) is 38.7 Å². The van der Waals surface area contributed by atoms with E-state index in [-0.39, 0.29) is 5.56 Å². The summed E-state index contributed by atoms with van der Waals surface area (Å²) in [5, 5.41) is 4.91. The number of carbonyl (C=O) groups excluding carboxylic acids is 1. The lowest BCUT2D eigenvalue weighted by atomic mass is 9.96. The average Bonchev–Trinajstić information content (AvgIpc) is 3.61. The fourth-order valence-corrected chi connectivity index (χ4v) is 6.28. The number of hydrogen-bond donors (Lipinski definition) is 0. The third-order valence-corrected chi connectivity index (χ3v) is 8.33. The van der Waals surface area contributed by atoms with Crippen LogP contribution in [0.5, 0.6) is 11.5 Å². The Morgan fingerprint density at radius 1 is 0.977 bits per heavy atom. The molecular formula is C34H30N4O5S. The van der Waals surface area contributed by atoms with E-state index in [2.05, 4.69) is 4.99 Å². The summed E-state index contributed by atoms with van der Waals surface area (Å²) in [5.74, 6) is 0.894. The second-order valence-corrected chi connectivity index (χ2v) is 11.0. The van der Waals surface area contributed by atoms with Gasteiger partial charge in [0, 0.05) is 17.3 Å². The van der Waals surface area contributed by atoms with Gasteiger partial charge in [-0.25, -0.2) is 14.5 Å². The molecule has 0 N–H and O–H groups in total. The Morgan fingerprint density at radius 3 is 2.34 bits per heavy atom. The van der Waals surface area contributed by atoms with Gasteiger partial charge in [0.1, 0.15) is 17.2 Å². The quantitative estimate of drug-likeness (QED) is 0.238. The molecule has 0 amide bonds. The molecule has 3 heterocycles. The first kappa shape index (κ1) is 28.9. The topological polar surface area (TPSA) is 96.9 Å². The SMILES string of the molecule is CCOc1ccc(-c2nn(-c3ccccc3)cc2/C=c2\sc3n(c2=O)C(c2ccc(OC)cc2)C(C(=O)OC)=C(C)N=3)cc1. The van der Waals surface area contributed by atoms with Gasteiger partial charge in [0.05, 0.1) is 48.4 Å². The molecule has 6 rings (SSSR count). The van der Waals surface area contributed by atoms with E-state index in [1.807, 2.05) is 85.9 Å². The number of thiazole rings is 1. The maximum absolute atomic E-state index is 14.2. The van der Waals surface area contributed by atoms with Gasteiger partial charge in [0.15, 0.2) is 4.80 Å². The molecule has 9 nitrogen and oxygen atoms in total. The summed E-state index contributed by atoms with van der Waals surface area (Å²) in [4.78, 5) is 32.3. The van der Waals surface area contributed by atoms with Crippen molar-refractivity contribution in [3.05, 3.63) is 127 Å². The van der Waals surface area contributed by atoms with Crippen molar-refractivity contribution >= 4 is 23.4 Å². The first-order valence-corrected chi connectivity index (χ1v) is 14.9. The second-order valence-electron chi connectivity index (χ2n) is 10.0. The van der Waals surface area contributed by atoms with Crippen LogP contribution in [0.25, 0.3) is 23.0 Å². The molecule has 2 aromatic heterocycles. The molecule has 5 aromatic rings. The summed E-state index contributed by atoms with van der Waals surface area (Å²) in [7, 11) is 2.91. The molecule has 1 atom stereocenters. The van der Waals surface area contributed by atoms with Gasteiger partial charge in [0.2, 0.25) is 0 Å². The maximum Gasteiger partial charge on any atom is 0.338 e. The van der Waals surface area contributed by atoms with Crippen LogP contribution in [0.4, 0.5) is 0 Å². The van der Waals surface area contributed by atoms with Crippen molar-refractivity contribution < 1.29 is 19.0 Å². The zero-order chi connectivity index (χ0) is 30.8. The lowest BCUT2D eigenvalue weighted by molar-refractivity contribution is -0.136. The molecule has 1 unspecified atom stereocenters. The lowest BCUT2D eigenvalue weighted by Gasteiger charge is -2.24. The average molecular weight is 607 g/mol. The summed E-state index contributed by atoms with van der Waals surface area (Å²) >= 11 is 1.27. The van der Waals surface area contributed by atoms with Crippen LogP contribution in [0.1, 0.15) is 31.0 Å². The van der Waals surface area contributed by atoms with Crippen LogP contribution in [0.3, 0.4) is 0 Å². The molecule has 0 fully saturated rings. The number of fused-ring (bicyclic) bond motifs is 1. The predicted octanol–water partition coefficient (Wildman–Crippen LogP) is 4.67. The van der Waals surface area contributed by atoms with Gasteiger partial charge in [-0.1, -0.05) is 41.7 Å². The van der Waals surface area contributed by atoms with Crippen molar-refractivity contribution in [2.75, 3.05) is 20.8 Å². The Hall–Kier alpha value is -5.22. The summed E-state index contributed by atoms with van der Waals surface area (Å²) < 4.78 is 19.9. The van der Waals surface area contributed by atoms with Crippen molar-refractivity contribution in [2.45, 2.75) is 19.9 Å². The summed E-state index contributed by atoms with van der Waals surface area (Å²) in [6.45, 7) is 4.27. The van der Waals surface area contributed by atoms with Gasteiger partial charge in [-0.15, -0.1) is 0 Å². The molecule has 0 aliphatic carbocycles. The molecule has 3 aromatic carbocycles. The number of nitrogens with zero attached hydrogens (tertiary/aromatic N) is 4.